The summed E-state index contributed by atoms with van der Waals surface area (Å²) in [6.45, 7) is 4.81. The zero-order valence-corrected chi connectivity index (χ0v) is 35.9. The second-order valence-corrected chi connectivity index (χ2v) is 20.5. The molecule has 2 heteroatoms. The second kappa shape index (κ2) is 11.9. The van der Waals surface area contributed by atoms with Gasteiger partial charge in [-0.25, -0.2) is 0 Å². The van der Waals surface area contributed by atoms with Crippen LogP contribution >= 0.6 is 0 Å². The van der Waals surface area contributed by atoms with Crippen LogP contribution in [0.1, 0.15) is 61.8 Å². The molecular formula is C61H48N2. The van der Waals surface area contributed by atoms with Crippen molar-refractivity contribution in [3.63, 3.8) is 0 Å². The zero-order chi connectivity index (χ0) is 41.4. The van der Waals surface area contributed by atoms with Gasteiger partial charge in [-0.15, -0.1) is 0 Å². The van der Waals surface area contributed by atoms with Crippen LogP contribution in [-0.4, -0.2) is 4.57 Å². The Labute approximate surface area is 369 Å². The molecule has 1 aromatic heterocycles. The van der Waals surface area contributed by atoms with Crippen molar-refractivity contribution in [3.8, 4) is 39.1 Å². The number of hydrogen-bond acceptors (Lipinski definition) is 1. The van der Waals surface area contributed by atoms with Crippen molar-refractivity contribution in [3.05, 3.63) is 204 Å². The minimum atomic E-state index is -0.121. The number of benzene rings is 8. The Balaban J connectivity index is 0.989. The van der Waals surface area contributed by atoms with E-state index in [2.05, 4.69) is 205 Å². The van der Waals surface area contributed by atoms with E-state index in [1.54, 1.807) is 11.1 Å². The number of aromatic nitrogens is 1. The lowest BCUT2D eigenvalue weighted by Gasteiger charge is -2.70. The maximum Gasteiger partial charge on any atom is 0.0562 e. The Kier molecular flexibility index (Phi) is 6.58. The first-order chi connectivity index (χ1) is 31.0. The Morgan fingerprint density at radius 3 is 2.02 bits per heavy atom. The monoisotopic (exact) mass is 808 g/mol. The summed E-state index contributed by atoms with van der Waals surface area (Å²) in [5.74, 6) is 3.36. The topological polar surface area (TPSA) is 8.17 Å². The summed E-state index contributed by atoms with van der Waals surface area (Å²) < 4.78 is 2.45. The Bertz CT molecular complexity index is 3430. The van der Waals surface area contributed by atoms with Crippen molar-refractivity contribution in [2.45, 2.75) is 50.4 Å². The van der Waals surface area contributed by atoms with E-state index in [-0.39, 0.29) is 10.8 Å². The fourth-order valence-corrected chi connectivity index (χ4v) is 15.5. The molecular weight excluding hydrogens is 761 g/mol. The van der Waals surface area contributed by atoms with Gasteiger partial charge in [-0.1, -0.05) is 135 Å². The first-order valence-electron chi connectivity index (χ1n) is 23.4. The molecule has 4 saturated carbocycles. The fourth-order valence-electron chi connectivity index (χ4n) is 15.5. The molecule has 4 fully saturated rings. The first-order valence-corrected chi connectivity index (χ1v) is 23.4. The molecule has 15 rings (SSSR count). The van der Waals surface area contributed by atoms with Crippen LogP contribution in [0.2, 0.25) is 0 Å². The molecule has 0 radical (unpaired) electrons. The van der Waals surface area contributed by atoms with E-state index in [4.69, 9.17) is 0 Å². The van der Waals surface area contributed by atoms with Crippen LogP contribution in [0.4, 0.5) is 17.1 Å². The maximum absolute atomic E-state index is 2.64. The van der Waals surface area contributed by atoms with Gasteiger partial charge in [0.25, 0.3) is 0 Å². The van der Waals surface area contributed by atoms with Gasteiger partial charge in [0.15, 0.2) is 0 Å². The van der Waals surface area contributed by atoms with Crippen LogP contribution < -0.4 is 4.90 Å². The van der Waals surface area contributed by atoms with Gasteiger partial charge in [0, 0.05) is 38.7 Å². The lowest BCUT2D eigenvalue weighted by molar-refractivity contribution is -0.193. The second-order valence-electron chi connectivity index (χ2n) is 20.5. The van der Waals surface area contributed by atoms with Gasteiger partial charge in [0.1, 0.15) is 0 Å². The molecule has 0 amide bonds. The lowest BCUT2D eigenvalue weighted by atomic mass is 9.34. The van der Waals surface area contributed by atoms with Crippen LogP contribution in [0, 0.1) is 29.1 Å². The fraction of sp³-hybridized carbons (Fsp3) is 0.213. The number of rotatable bonds is 5. The van der Waals surface area contributed by atoms with Crippen LogP contribution in [0.3, 0.4) is 0 Å². The molecule has 2 spiro atoms. The first kappa shape index (κ1) is 34.9. The third-order valence-corrected chi connectivity index (χ3v) is 17.9. The molecule has 0 aliphatic heterocycles. The standard InChI is InChI=1S/C61H48N2/c1-59(2)50-20-11-9-18-45(50)46-28-25-44(35-52(46)59)62(55-22-13-23-56-58(55)48-19-10-12-21-54(48)63(56)42-16-7-4-8-17-42)43-26-29-51-49(34-43)47-27-24-38(37-14-5-3-6-15-37)30-53(47)61(51)41-32-39-31-40-33-57(61)60(39,40)36-41/h3-30,34-35,39-41,57H,31-33,36H2,1-2H3. The highest BCUT2D eigenvalue weighted by Gasteiger charge is 2.82. The molecule has 6 atom stereocenters. The van der Waals surface area contributed by atoms with Crippen LogP contribution in [0.25, 0.3) is 60.9 Å². The van der Waals surface area contributed by atoms with E-state index in [1.165, 1.54) is 115 Å². The van der Waals surface area contributed by atoms with Crippen LogP contribution in [0.5, 0.6) is 0 Å². The van der Waals surface area contributed by atoms with E-state index >= 15 is 0 Å². The minimum absolute atomic E-state index is 0.0960. The minimum Gasteiger partial charge on any atom is -0.310 e. The largest absolute Gasteiger partial charge is 0.310 e. The molecule has 302 valence electrons. The Morgan fingerprint density at radius 1 is 0.476 bits per heavy atom. The van der Waals surface area contributed by atoms with E-state index < -0.39 is 0 Å². The zero-order valence-electron chi connectivity index (χ0n) is 35.9. The summed E-state index contributed by atoms with van der Waals surface area (Å²) in [7, 11) is 0. The van der Waals surface area contributed by atoms with Crippen molar-refractivity contribution >= 4 is 38.9 Å². The Hall–Kier alpha value is -6.64. The molecule has 0 saturated heterocycles. The predicted octanol–water partition coefficient (Wildman–Crippen LogP) is 15.6. The van der Waals surface area contributed by atoms with Crippen molar-refractivity contribution in [1.82, 2.24) is 4.57 Å². The average Bonchev–Trinajstić information content (AvgIpc) is 4.07. The number of anilines is 3. The number of para-hydroxylation sites is 2. The molecule has 2 nitrogen and oxygen atoms in total. The molecule has 8 aromatic carbocycles. The summed E-state index contributed by atoms with van der Waals surface area (Å²) >= 11 is 0. The van der Waals surface area contributed by atoms with Gasteiger partial charge in [0.2, 0.25) is 0 Å². The average molecular weight is 809 g/mol. The van der Waals surface area contributed by atoms with Gasteiger partial charge >= 0.3 is 0 Å². The molecule has 9 aromatic rings. The van der Waals surface area contributed by atoms with E-state index in [9.17, 15) is 0 Å². The number of hydrogen-bond donors (Lipinski definition) is 0. The molecule has 6 aliphatic carbocycles. The highest BCUT2D eigenvalue weighted by molar-refractivity contribution is 6.16. The molecule has 6 aliphatic rings. The summed E-state index contributed by atoms with van der Waals surface area (Å²) in [4.78, 5) is 2.60. The molecule has 0 N–H and O–H groups in total. The highest BCUT2D eigenvalue weighted by Crippen LogP contribution is 2.88. The third kappa shape index (κ3) is 4.13. The molecule has 6 unspecified atom stereocenters. The van der Waals surface area contributed by atoms with Crippen molar-refractivity contribution < 1.29 is 0 Å². The number of fused-ring (bicyclic) bond motifs is 14. The van der Waals surface area contributed by atoms with Crippen molar-refractivity contribution in [2.24, 2.45) is 29.1 Å². The molecule has 1 heterocycles. The number of nitrogens with zero attached hydrogens (tertiary/aromatic N) is 2. The lowest BCUT2D eigenvalue weighted by Crippen LogP contribution is -2.65. The normalized spacial score (nSPS) is 25.6. The highest BCUT2D eigenvalue weighted by atomic mass is 15.1. The van der Waals surface area contributed by atoms with Gasteiger partial charge in [-0.2, -0.15) is 0 Å². The maximum atomic E-state index is 2.64. The van der Waals surface area contributed by atoms with E-state index in [1.807, 2.05) is 0 Å². The van der Waals surface area contributed by atoms with E-state index in [0.717, 1.165) is 17.8 Å². The summed E-state index contributed by atoms with van der Waals surface area (Å²) in [6.07, 6.45) is 5.71. The summed E-state index contributed by atoms with van der Waals surface area (Å²) in [5.41, 5.74) is 22.1. The van der Waals surface area contributed by atoms with Crippen LogP contribution in [-0.2, 0) is 10.8 Å². The van der Waals surface area contributed by atoms with Gasteiger partial charge < -0.3 is 9.47 Å². The molecule has 63 heavy (non-hydrogen) atoms. The Morgan fingerprint density at radius 2 is 1.16 bits per heavy atom. The predicted molar refractivity (Wildman–Crippen MR) is 260 cm³/mol. The third-order valence-electron chi connectivity index (χ3n) is 17.9. The van der Waals surface area contributed by atoms with E-state index in [0.29, 0.717) is 11.3 Å². The summed E-state index contributed by atoms with van der Waals surface area (Å²) in [5, 5.41) is 2.54. The van der Waals surface area contributed by atoms with Gasteiger partial charge in [-0.05, 0) is 171 Å². The van der Waals surface area contributed by atoms with Gasteiger partial charge in [-0.3, -0.25) is 0 Å². The van der Waals surface area contributed by atoms with Crippen LogP contribution in [0.15, 0.2) is 182 Å². The smallest absolute Gasteiger partial charge is 0.0562 e. The quantitative estimate of drug-likeness (QED) is 0.168. The van der Waals surface area contributed by atoms with Crippen molar-refractivity contribution in [1.29, 1.82) is 0 Å². The summed E-state index contributed by atoms with van der Waals surface area (Å²) in [6, 6.07) is 69.5. The van der Waals surface area contributed by atoms with Crippen molar-refractivity contribution in [2.75, 3.05) is 4.90 Å². The SMILES string of the molecule is CC1(C)c2ccccc2-c2ccc(N(c3ccc4c(c3)-c3ccc(-c5ccccc5)cc3C43C4CC5CC6CC3C56C4)c3cccc4c3c3ccccc3n4-c3ccccc3)cc21. The van der Waals surface area contributed by atoms with Gasteiger partial charge in [0.05, 0.1) is 16.7 Å². The molecule has 2 bridgehead atoms.